The van der Waals surface area contributed by atoms with E-state index in [1.54, 1.807) is 16.8 Å². The van der Waals surface area contributed by atoms with E-state index in [-0.39, 0.29) is 11.8 Å². The van der Waals surface area contributed by atoms with E-state index in [0.717, 1.165) is 36.1 Å². The van der Waals surface area contributed by atoms with Gasteiger partial charge in [0.1, 0.15) is 11.8 Å². The van der Waals surface area contributed by atoms with Crippen molar-refractivity contribution < 1.29 is 14.3 Å². The standard InChI is InChI=1S/C24H30N2O3/c1-19-11-6-7-14-21(19)29-18-10-16-25(2)24(28)23(20-12-4-3-5-13-20)26-17-9-8-15-22(26)27/h3-7,11-14,23H,8-10,15-18H2,1-2H3. The molecule has 0 radical (unpaired) electrons. The summed E-state index contributed by atoms with van der Waals surface area (Å²) in [6, 6.07) is 17.0. The van der Waals surface area contributed by atoms with Crippen molar-refractivity contribution in [3.8, 4) is 5.75 Å². The molecule has 2 aromatic rings. The number of para-hydroxylation sites is 1. The van der Waals surface area contributed by atoms with E-state index in [2.05, 4.69) is 0 Å². The molecule has 3 rings (SSSR count). The fourth-order valence-corrected chi connectivity index (χ4v) is 3.71. The lowest BCUT2D eigenvalue weighted by atomic mass is 10.00. The summed E-state index contributed by atoms with van der Waals surface area (Å²) in [7, 11) is 1.81. The molecule has 154 valence electrons. The summed E-state index contributed by atoms with van der Waals surface area (Å²) in [4.78, 5) is 29.3. The number of likely N-dealkylation sites (tertiary alicyclic amines) is 1. The summed E-state index contributed by atoms with van der Waals surface area (Å²) in [6.07, 6.45) is 3.09. The van der Waals surface area contributed by atoms with Gasteiger partial charge in [0.25, 0.3) is 0 Å². The van der Waals surface area contributed by atoms with Gasteiger partial charge in [-0.15, -0.1) is 0 Å². The summed E-state index contributed by atoms with van der Waals surface area (Å²) >= 11 is 0. The fraction of sp³-hybridized carbons (Fsp3) is 0.417. The largest absolute Gasteiger partial charge is 0.493 e. The summed E-state index contributed by atoms with van der Waals surface area (Å²) < 4.78 is 5.84. The molecule has 0 N–H and O–H groups in total. The first kappa shape index (κ1) is 20.9. The third kappa shape index (κ3) is 5.37. The number of amides is 2. The van der Waals surface area contributed by atoms with Crippen LogP contribution in [0.4, 0.5) is 0 Å². The number of nitrogens with zero attached hydrogens (tertiary/aromatic N) is 2. The molecule has 2 amide bonds. The summed E-state index contributed by atoms with van der Waals surface area (Å²) in [6.45, 7) is 3.77. The normalized spacial score (nSPS) is 15.1. The van der Waals surface area contributed by atoms with Crippen LogP contribution in [-0.4, -0.2) is 48.4 Å². The molecular weight excluding hydrogens is 364 g/mol. The average molecular weight is 395 g/mol. The van der Waals surface area contributed by atoms with Gasteiger partial charge in [0.05, 0.1) is 6.61 Å². The molecule has 1 aliphatic heterocycles. The van der Waals surface area contributed by atoms with Gasteiger partial charge >= 0.3 is 0 Å². The number of hydrogen-bond acceptors (Lipinski definition) is 3. The molecule has 29 heavy (non-hydrogen) atoms. The number of likely N-dealkylation sites (N-methyl/N-ethyl adjacent to an activating group) is 1. The summed E-state index contributed by atoms with van der Waals surface area (Å²) in [5.41, 5.74) is 1.97. The van der Waals surface area contributed by atoms with Crippen LogP contribution in [0.15, 0.2) is 54.6 Å². The molecule has 0 bridgehead atoms. The van der Waals surface area contributed by atoms with E-state index in [1.165, 1.54) is 0 Å². The molecule has 1 atom stereocenters. The van der Waals surface area contributed by atoms with Crippen LogP contribution >= 0.6 is 0 Å². The maximum atomic E-state index is 13.3. The molecule has 0 saturated carbocycles. The number of carbonyl (C=O) groups excluding carboxylic acids is 2. The highest BCUT2D eigenvalue weighted by atomic mass is 16.5. The number of piperidine rings is 1. The zero-order chi connectivity index (χ0) is 20.6. The molecule has 1 unspecified atom stereocenters. The molecule has 0 aliphatic carbocycles. The molecule has 1 saturated heterocycles. The Bertz CT molecular complexity index is 822. The molecular formula is C24H30N2O3. The first-order valence-electron chi connectivity index (χ1n) is 10.4. The Balaban J connectivity index is 1.62. The van der Waals surface area contributed by atoms with Crippen LogP contribution in [-0.2, 0) is 9.59 Å². The van der Waals surface area contributed by atoms with Crippen molar-refractivity contribution in [1.29, 1.82) is 0 Å². The minimum Gasteiger partial charge on any atom is -0.493 e. The van der Waals surface area contributed by atoms with E-state index >= 15 is 0 Å². The lowest BCUT2D eigenvalue weighted by Gasteiger charge is -2.36. The number of rotatable bonds is 8. The topological polar surface area (TPSA) is 49.9 Å². The van der Waals surface area contributed by atoms with Gasteiger partial charge in [0.15, 0.2) is 0 Å². The molecule has 1 fully saturated rings. The highest BCUT2D eigenvalue weighted by Crippen LogP contribution is 2.27. The number of aryl methyl sites for hydroxylation is 1. The summed E-state index contributed by atoms with van der Waals surface area (Å²) in [5.74, 6) is 0.902. The molecule has 5 nitrogen and oxygen atoms in total. The Hall–Kier alpha value is -2.82. The van der Waals surface area contributed by atoms with Crippen LogP contribution < -0.4 is 4.74 Å². The Morgan fingerprint density at radius 3 is 2.55 bits per heavy atom. The van der Waals surface area contributed by atoms with Crippen LogP contribution in [0.3, 0.4) is 0 Å². The number of carbonyl (C=O) groups is 2. The van der Waals surface area contributed by atoms with Gasteiger partial charge in [-0.1, -0.05) is 48.5 Å². The van der Waals surface area contributed by atoms with Crippen molar-refractivity contribution in [3.63, 3.8) is 0 Å². The molecule has 0 spiro atoms. The molecule has 1 aliphatic rings. The van der Waals surface area contributed by atoms with Crippen molar-refractivity contribution >= 4 is 11.8 Å². The number of ether oxygens (including phenoxy) is 1. The highest BCUT2D eigenvalue weighted by Gasteiger charge is 2.34. The van der Waals surface area contributed by atoms with Crippen molar-refractivity contribution in [2.75, 3.05) is 26.7 Å². The first-order chi connectivity index (χ1) is 14.1. The quantitative estimate of drug-likeness (QED) is 0.637. The number of hydrogen-bond donors (Lipinski definition) is 0. The minimum atomic E-state index is -0.550. The van der Waals surface area contributed by atoms with Gasteiger partial charge in [-0.05, 0) is 43.4 Å². The van der Waals surface area contributed by atoms with Gasteiger partial charge in [-0.3, -0.25) is 9.59 Å². The first-order valence-corrected chi connectivity index (χ1v) is 10.4. The Labute approximate surface area is 173 Å². The summed E-state index contributed by atoms with van der Waals surface area (Å²) in [5, 5.41) is 0. The maximum Gasteiger partial charge on any atom is 0.249 e. The lowest BCUT2D eigenvalue weighted by Crippen LogP contribution is -2.46. The van der Waals surface area contributed by atoms with Gasteiger partial charge in [-0.25, -0.2) is 0 Å². The molecule has 1 heterocycles. The van der Waals surface area contributed by atoms with E-state index in [1.807, 2.05) is 61.5 Å². The Morgan fingerprint density at radius 2 is 1.83 bits per heavy atom. The third-order valence-electron chi connectivity index (χ3n) is 5.39. The second-order valence-corrected chi connectivity index (χ2v) is 7.58. The Kier molecular flexibility index (Phi) is 7.28. The van der Waals surface area contributed by atoms with E-state index < -0.39 is 6.04 Å². The molecule has 0 aromatic heterocycles. The van der Waals surface area contributed by atoms with Crippen LogP contribution in [0.1, 0.15) is 42.9 Å². The molecule has 5 heteroatoms. The van der Waals surface area contributed by atoms with Gasteiger partial charge in [0, 0.05) is 26.6 Å². The smallest absolute Gasteiger partial charge is 0.249 e. The molecule has 2 aromatic carbocycles. The Morgan fingerprint density at radius 1 is 1.10 bits per heavy atom. The van der Waals surface area contributed by atoms with Crippen molar-refractivity contribution in [1.82, 2.24) is 9.80 Å². The SMILES string of the molecule is Cc1ccccc1OCCCN(C)C(=O)C(c1ccccc1)N1CCCCC1=O. The van der Waals surface area contributed by atoms with E-state index in [9.17, 15) is 9.59 Å². The van der Waals surface area contributed by atoms with Crippen LogP contribution in [0.5, 0.6) is 5.75 Å². The fourth-order valence-electron chi connectivity index (χ4n) is 3.71. The van der Waals surface area contributed by atoms with Crippen LogP contribution in [0, 0.1) is 6.92 Å². The van der Waals surface area contributed by atoms with Crippen molar-refractivity contribution in [2.24, 2.45) is 0 Å². The second kappa shape index (κ2) is 10.1. The van der Waals surface area contributed by atoms with E-state index in [4.69, 9.17) is 4.74 Å². The maximum absolute atomic E-state index is 13.3. The highest BCUT2D eigenvalue weighted by molar-refractivity contribution is 5.89. The van der Waals surface area contributed by atoms with Crippen LogP contribution in [0.25, 0.3) is 0 Å². The monoisotopic (exact) mass is 394 g/mol. The zero-order valence-corrected chi connectivity index (χ0v) is 17.3. The minimum absolute atomic E-state index is 0.0395. The predicted octanol–water partition coefficient (Wildman–Crippen LogP) is 3.98. The van der Waals surface area contributed by atoms with Crippen molar-refractivity contribution in [3.05, 3.63) is 65.7 Å². The van der Waals surface area contributed by atoms with E-state index in [0.29, 0.717) is 26.1 Å². The van der Waals surface area contributed by atoms with Gasteiger partial charge < -0.3 is 14.5 Å². The zero-order valence-electron chi connectivity index (χ0n) is 17.3. The van der Waals surface area contributed by atoms with Crippen LogP contribution in [0.2, 0.25) is 0 Å². The second-order valence-electron chi connectivity index (χ2n) is 7.58. The number of benzene rings is 2. The van der Waals surface area contributed by atoms with Gasteiger partial charge in [-0.2, -0.15) is 0 Å². The van der Waals surface area contributed by atoms with Crippen molar-refractivity contribution in [2.45, 2.75) is 38.6 Å². The third-order valence-corrected chi connectivity index (χ3v) is 5.39. The predicted molar refractivity (Wildman–Crippen MR) is 114 cm³/mol. The van der Waals surface area contributed by atoms with Gasteiger partial charge in [0.2, 0.25) is 11.8 Å². The lowest BCUT2D eigenvalue weighted by molar-refractivity contribution is -0.147. The average Bonchev–Trinajstić information content (AvgIpc) is 2.74.